The molecule has 0 aliphatic heterocycles. The van der Waals surface area contributed by atoms with Crippen molar-refractivity contribution in [2.24, 2.45) is 11.3 Å². The Morgan fingerprint density at radius 3 is 2.53 bits per heavy atom. The first-order chi connectivity index (χ1) is 7.94. The second kappa shape index (κ2) is 4.52. The van der Waals surface area contributed by atoms with Crippen LogP contribution in [0.1, 0.15) is 38.7 Å². The molecule has 2 heteroatoms. The molecule has 2 rings (SSSR count). The highest BCUT2D eigenvalue weighted by Gasteiger charge is 2.32. The second-order valence-corrected chi connectivity index (χ2v) is 6.02. The molecule has 1 aromatic carbocycles. The summed E-state index contributed by atoms with van der Waals surface area (Å²) in [7, 11) is 0. The van der Waals surface area contributed by atoms with E-state index in [1.54, 1.807) is 12.1 Å². The lowest BCUT2D eigenvalue weighted by atomic mass is 9.70. The monoisotopic (exact) mass is 232 g/mol. The van der Waals surface area contributed by atoms with Gasteiger partial charge in [-0.2, -0.15) is 0 Å². The maximum Gasteiger partial charge on any atom is 0.133 e. The number of hydrogen-bond acceptors (Lipinski definition) is 2. The predicted molar refractivity (Wildman–Crippen MR) is 67.9 cm³/mol. The summed E-state index contributed by atoms with van der Waals surface area (Å²) < 4.78 is 0. The smallest absolute Gasteiger partial charge is 0.133 e. The lowest BCUT2D eigenvalue weighted by Crippen LogP contribution is -2.29. The average Bonchev–Trinajstić information content (AvgIpc) is 2.18. The second-order valence-electron chi connectivity index (χ2n) is 6.02. The molecule has 1 fully saturated rings. The van der Waals surface area contributed by atoms with E-state index in [-0.39, 0.29) is 5.41 Å². The minimum Gasteiger partial charge on any atom is -0.508 e. The van der Waals surface area contributed by atoms with Crippen LogP contribution in [0.2, 0.25) is 0 Å². The van der Waals surface area contributed by atoms with Crippen LogP contribution in [0.4, 0.5) is 0 Å². The van der Waals surface area contributed by atoms with Gasteiger partial charge in [-0.3, -0.25) is 4.79 Å². The van der Waals surface area contributed by atoms with Crippen molar-refractivity contribution in [3.63, 3.8) is 0 Å². The van der Waals surface area contributed by atoms with Crippen LogP contribution in [0.5, 0.6) is 5.75 Å². The highest BCUT2D eigenvalue weighted by molar-refractivity contribution is 5.80. The Bertz CT molecular complexity index is 403. The molecule has 0 spiro atoms. The molecular formula is C15H20O2. The Balaban J connectivity index is 2.03. The zero-order chi connectivity index (χ0) is 12.5. The zero-order valence-electron chi connectivity index (χ0n) is 10.6. The van der Waals surface area contributed by atoms with Gasteiger partial charge < -0.3 is 5.11 Å². The van der Waals surface area contributed by atoms with Crippen LogP contribution in [-0.4, -0.2) is 10.9 Å². The number of carbonyl (C=O) groups excluding carboxylic acids is 1. The topological polar surface area (TPSA) is 37.3 Å². The van der Waals surface area contributed by atoms with E-state index < -0.39 is 0 Å². The lowest BCUT2D eigenvalue weighted by Gasteiger charge is -2.34. The third kappa shape index (κ3) is 3.32. The quantitative estimate of drug-likeness (QED) is 0.849. The third-order valence-corrected chi connectivity index (χ3v) is 3.49. The van der Waals surface area contributed by atoms with Crippen molar-refractivity contribution >= 4 is 5.78 Å². The van der Waals surface area contributed by atoms with Crippen LogP contribution in [0.15, 0.2) is 24.3 Å². The number of aromatic hydroxyl groups is 1. The molecule has 0 heterocycles. The summed E-state index contributed by atoms with van der Waals surface area (Å²) in [4.78, 5) is 11.7. The number of Topliss-reactive ketones (excluding diaryl/α,β-unsaturated/α-hetero) is 1. The molecule has 2 nitrogen and oxygen atoms in total. The summed E-state index contributed by atoms with van der Waals surface area (Å²) in [5.41, 5.74) is 1.36. The van der Waals surface area contributed by atoms with Gasteiger partial charge in [0.05, 0.1) is 0 Å². The Kier molecular flexibility index (Phi) is 3.23. The van der Waals surface area contributed by atoms with E-state index in [9.17, 15) is 9.90 Å². The minimum atomic E-state index is 0.150. The average molecular weight is 232 g/mol. The van der Waals surface area contributed by atoms with Crippen LogP contribution in [0.25, 0.3) is 0 Å². The molecule has 0 bridgehead atoms. The highest BCUT2D eigenvalue weighted by atomic mass is 16.3. The number of ketones is 1. The van der Waals surface area contributed by atoms with Crippen molar-refractivity contribution < 1.29 is 9.90 Å². The predicted octanol–water partition coefficient (Wildman–Crippen LogP) is 3.33. The maximum absolute atomic E-state index is 11.7. The van der Waals surface area contributed by atoms with Gasteiger partial charge in [0.25, 0.3) is 0 Å². The van der Waals surface area contributed by atoms with Crippen LogP contribution in [0.3, 0.4) is 0 Å². The maximum atomic E-state index is 11.7. The van der Waals surface area contributed by atoms with Crippen molar-refractivity contribution in [1.29, 1.82) is 0 Å². The highest BCUT2D eigenvalue weighted by Crippen LogP contribution is 2.38. The van der Waals surface area contributed by atoms with Crippen molar-refractivity contribution in [1.82, 2.24) is 0 Å². The van der Waals surface area contributed by atoms with E-state index in [0.717, 1.165) is 19.3 Å². The van der Waals surface area contributed by atoms with Crippen LogP contribution >= 0.6 is 0 Å². The first-order valence-corrected chi connectivity index (χ1v) is 6.24. The third-order valence-electron chi connectivity index (χ3n) is 3.49. The fraction of sp³-hybridized carbons (Fsp3) is 0.533. The lowest BCUT2D eigenvalue weighted by molar-refractivity contribution is -0.124. The van der Waals surface area contributed by atoms with E-state index >= 15 is 0 Å². The Hall–Kier alpha value is -1.31. The van der Waals surface area contributed by atoms with E-state index in [0.29, 0.717) is 23.9 Å². The molecule has 1 saturated carbocycles. The standard InChI is InChI=1S/C15H20O2/c1-15(2)9-12(8-14(17)10-15)7-11-3-5-13(16)6-4-11/h3-6,12,16H,7-10H2,1-2H3. The molecule has 17 heavy (non-hydrogen) atoms. The van der Waals surface area contributed by atoms with Crippen molar-refractivity contribution in [2.45, 2.75) is 39.5 Å². The molecule has 1 N–H and O–H groups in total. The first-order valence-electron chi connectivity index (χ1n) is 6.24. The molecular weight excluding hydrogens is 212 g/mol. The number of carbonyl (C=O) groups is 1. The van der Waals surface area contributed by atoms with Crippen molar-refractivity contribution in [3.05, 3.63) is 29.8 Å². The van der Waals surface area contributed by atoms with Crippen molar-refractivity contribution in [2.75, 3.05) is 0 Å². The summed E-state index contributed by atoms with van der Waals surface area (Å²) >= 11 is 0. The minimum absolute atomic E-state index is 0.150. The van der Waals surface area contributed by atoms with E-state index in [2.05, 4.69) is 13.8 Å². The van der Waals surface area contributed by atoms with Gasteiger partial charge in [-0.05, 0) is 41.9 Å². The summed E-state index contributed by atoms with van der Waals surface area (Å²) in [6, 6.07) is 7.32. The molecule has 0 radical (unpaired) electrons. The summed E-state index contributed by atoms with van der Waals surface area (Å²) in [5, 5.41) is 9.23. The number of hydrogen-bond donors (Lipinski definition) is 1. The van der Waals surface area contributed by atoms with Gasteiger partial charge in [-0.1, -0.05) is 26.0 Å². The van der Waals surface area contributed by atoms with Gasteiger partial charge in [0.15, 0.2) is 0 Å². The van der Waals surface area contributed by atoms with Gasteiger partial charge in [-0.25, -0.2) is 0 Å². The molecule has 0 aromatic heterocycles. The fourth-order valence-electron chi connectivity index (χ4n) is 2.96. The van der Waals surface area contributed by atoms with E-state index in [1.807, 2.05) is 12.1 Å². The number of phenolic OH excluding ortho intramolecular Hbond substituents is 1. The molecule has 1 aliphatic carbocycles. The summed E-state index contributed by atoms with van der Waals surface area (Å²) in [6.07, 6.45) is 3.48. The molecule has 1 unspecified atom stereocenters. The Morgan fingerprint density at radius 2 is 1.94 bits per heavy atom. The van der Waals surface area contributed by atoms with Gasteiger partial charge in [0.2, 0.25) is 0 Å². The normalized spacial score (nSPS) is 23.6. The largest absolute Gasteiger partial charge is 0.508 e. The SMILES string of the molecule is CC1(C)CC(=O)CC(Cc2ccc(O)cc2)C1. The summed E-state index contributed by atoms with van der Waals surface area (Å²) in [6.45, 7) is 4.35. The number of benzene rings is 1. The van der Waals surface area contributed by atoms with E-state index in [4.69, 9.17) is 0 Å². The van der Waals surface area contributed by atoms with Crippen LogP contribution in [0, 0.1) is 11.3 Å². The Labute approximate surface area is 103 Å². The summed E-state index contributed by atoms with van der Waals surface area (Å²) in [5.74, 6) is 1.15. The zero-order valence-corrected chi connectivity index (χ0v) is 10.6. The molecule has 1 atom stereocenters. The van der Waals surface area contributed by atoms with Gasteiger partial charge in [0.1, 0.15) is 11.5 Å². The van der Waals surface area contributed by atoms with Gasteiger partial charge in [-0.15, -0.1) is 0 Å². The van der Waals surface area contributed by atoms with Crippen LogP contribution in [-0.2, 0) is 11.2 Å². The number of phenols is 1. The molecule has 1 aliphatic rings. The van der Waals surface area contributed by atoms with Gasteiger partial charge >= 0.3 is 0 Å². The van der Waals surface area contributed by atoms with Crippen molar-refractivity contribution in [3.8, 4) is 5.75 Å². The number of rotatable bonds is 2. The van der Waals surface area contributed by atoms with Gasteiger partial charge in [0, 0.05) is 12.8 Å². The fourth-order valence-corrected chi connectivity index (χ4v) is 2.96. The van der Waals surface area contributed by atoms with E-state index in [1.165, 1.54) is 5.56 Å². The molecule has 0 saturated heterocycles. The van der Waals surface area contributed by atoms with Crippen LogP contribution < -0.4 is 0 Å². The Morgan fingerprint density at radius 1 is 1.29 bits per heavy atom. The first kappa shape index (κ1) is 12.2. The molecule has 1 aromatic rings. The molecule has 92 valence electrons. The molecule has 0 amide bonds.